The molecule has 0 aromatic heterocycles. The van der Waals surface area contributed by atoms with E-state index in [1.54, 1.807) is 14.1 Å². The third-order valence-corrected chi connectivity index (χ3v) is 5.89. The minimum Gasteiger partial charge on any atom is -0.331 e. The van der Waals surface area contributed by atoms with Crippen molar-refractivity contribution in [1.82, 2.24) is 9.62 Å². The molecule has 9 nitrogen and oxygen atoms in total. The molecule has 27 heavy (non-hydrogen) atoms. The van der Waals surface area contributed by atoms with Gasteiger partial charge in [-0.2, -0.15) is 0 Å². The number of nitrogens with zero attached hydrogens (tertiary/aromatic N) is 1. The molecule has 0 spiro atoms. The number of benzene rings is 2. The summed E-state index contributed by atoms with van der Waals surface area (Å²) in [6, 6.07) is 10.9. The van der Waals surface area contributed by atoms with Crippen molar-refractivity contribution in [3.8, 4) is 0 Å². The van der Waals surface area contributed by atoms with E-state index in [-0.39, 0.29) is 22.4 Å². The maximum Gasteiger partial charge on any atom is 0.321 e. The van der Waals surface area contributed by atoms with Crippen LogP contribution in [0.4, 0.5) is 10.5 Å². The van der Waals surface area contributed by atoms with E-state index in [0.717, 1.165) is 0 Å². The van der Waals surface area contributed by atoms with Gasteiger partial charge in [0.15, 0.2) is 0 Å². The van der Waals surface area contributed by atoms with Crippen LogP contribution >= 0.6 is 0 Å². The van der Waals surface area contributed by atoms with Crippen LogP contribution in [0.1, 0.15) is 5.56 Å². The Kier molecular flexibility index (Phi) is 6.21. The molecule has 0 heterocycles. The number of primary sulfonamides is 1. The molecule has 0 aliphatic heterocycles. The number of sulfonamides is 2. The molecule has 0 atom stereocenters. The average molecular weight is 412 g/mol. The van der Waals surface area contributed by atoms with Crippen LogP contribution in [-0.4, -0.2) is 41.9 Å². The summed E-state index contributed by atoms with van der Waals surface area (Å²) in [6.07, 6.45) is 0. The number of carbonyl (C=O) groups is 1. The van der Waals surface area contributed by atoms with Gasteiger partial charge in [-0.15, -0.1) is 0 Å². The van der Waals surface area contributed by atoms with E-state index in [9.17, 15) is 21.6 Å². The molecule has 11 heteroatoms. The predicted octanol–water partition coefficient (Wildman–Crippen LogP) is 0.906. The molecule has 0 aliphatic carbocycles. The van der Waals surface area contributed by atoms with Crippen molar-refractivity contribution < 1.29 is 21.6 Å². The van der Waals surface area contributed by atoms with Crippen molar-refractivity contribution >= 4 is 31.8 Å². The van der Waals surface area contributed by atoms with Gasteiger partial charge in [0.2, 0.25) is 20.0 Å². The smallest absolute Gasteiger partial charge is 0.321 e. The Morgan fingerprint density at radius 1 is 0.926 bits per heavy atom. The van der Waals surface area contributed by atoms with Gasteiger partial charge in [-0.25, -0.2) is 31.5 Å². The molecular weight excluding hydrogens is 392 g/mol. The van der Waals surface area contributed by atoms with Crippen LogP contribution in [0.15, 0.2) is 58.3 Å². The van der Waals surface area contributed by atoms with Crippen LogP contribution in [0, 0.1) is 0 Å². The zero-order valence-corrected chi connectivity index (χ0v) is 16.3. The first-order valence-electron chi connectivity index (χ1n) is 7.69. The van der Waals surface area contributed by atoms with E-state index < -0.39 is 20.0 Å². The van der Waals surface area contributed by atoms with E-state index in [1.165, 1.54) is 53.4 Å². The Morgan fingerprint density at radius 2 is 1.44 bits per heavy atom. The van der Waals surface area contributed by atoms with E-state index in [4.69, 9.17) is 5.14 Å². The summed E-state index contributed by atoms with van der Waals surface area (Å²) in [7, 11) is -4.39. The topological polar surface area (TPSA) is 139 Å². The van der Waals surface area contributed by atoms with Crippen LogP contribution in [0.25, 0.3) is 0 Å². The zero-order chi connectivity index (χ0) is 20.2. The lowest BCUT2D eigenvalue weighted by molar-refractivity contribution is 0.230. The molecule has 0 saturated carbocycles. The van der Waals surface area contributed by atoms with Crippen molar-refractivity contribution in [2.45, 2.75) is 16.3 Å². The molecule has 0 fully saturated rings. The minimum atomic E-state index is -3.80. The van der Waals surface area contributed by atoms with Crippen LogP contribution in [-0.2, 0) is 26.6 Å². The lowest BCUT2D eigenvalue weighted by Crippen LogP contribution is -2.27. The van der Waals surface area contributed by atoms with Crippen molar-refractivity contribution in [2.75, 3.05) is 19.4 Å². The van der Waals surface area contributed by atoms with Crippen LogP contribution in [0.5, 0.6) is 0 Å². The Morgan fingerprint density at radius 3 is 1.93 bits per heavy atom. The van der Waals surface area contributed by atoms with E-state index >= 15 is 0 Å². The van der Waals surface area contributed by atoms with Crippen molar-refractivity contribution in [3.05, 3.63) is 54.1 Å². The molecule has 0 aliphatic rings. The normalized spacial score (nSPS) is 11.8. The number of carbonyl (C=O) groups excluding carboxylic acids is 1. The number of nitrogens with one attached hydrogen (secondary N) is 2. The third kappa shape index (κ3) is 5.76. The van der Waals surface area contributed by atoms with Crippen molar-refractivity contribution in [2.24, 2.45) is 5.14 Å². The second-order valence-corrected chi connectivity index (χ2v) is 9.19. The number of hydrogen-bond acceptors (Lipinski definition) is 5. The number of rotatable bonds is 6. The molecule has 2 rings (SSSR count). The fourth-order valence-corrected chi connectivity index (χ4v) is 3.54. The summed E-state index contributed by atoms with van der Waals surface area (Å²) in [6.45, 7) is -0.0215. The van der Waals surface area contributed by atoms with Gasteiger partial charge in [-0.1, -0.05) is 12.1 Å². The maximum atomic E-state index is 12.4. The number of nitrogens with two attached hydrogens (primary N) is 1. The summed E-state index contributed by atoms with van der Waals surface area (Å²) in [5, 5.41) is 7.62. The number of hydrogen-bond donors (Lipinski definition) is 3. The first kappa shape index (κ1) is 20.8. The van der Waals surface area contributed by atoms with E-state index in [1.807, 2.05) is 0 Å². The summed E-state index contributed by atoms with van der Waals surface area (Å²) < 4.78 is 49.6. The Hall–Kier alpha value is -2.47. The van der Waals surface area contributed by atoms with Gasteiger partial charge in [0.25, 0.3) is 0 Å². The summed E-state index contributed by atoms with van der Waals surface area (Å²) >= 11 is 0. The fourth-order valence-electron chi connectivity index (χ4n) is 2.01. The van der Waals surface area contributed by atoms with Gasteiger partial charge in [0.05, 0.1) is 9.79 Å². The highest BCUT2D eigenvalue weighted by atomic mass is 32.2. The second kappa shape index (κ2) is 8.05. The highest BCUT2D eigenvalue weighted by molar-refractivity contribution is 7.89. The summed E-state index contributed by atoms with van der Waals surface area (Å²) in [5.41, 5.74) is 1.03. The molecule has 0 radical (unpaired) electrons. The average Bonchev–Trinajstić information content (AvgIpc) is 2.60. The van der Waals surface area contributed by atoms with Crippen LogP contribution in [0.3, 0.4) is 0 Å². The second-order valence-electron chi connectivity index (χ2n) is 5.86. The number of anilines is 1. The predicted molar refractivity (Wildman–Crippen MR) is 101 cm³/mol. The van der Waals surface area contributed by atoms with Crippen LogP contribution < -0.4 is 15.2 Å². The molecule has 0 unspecified atom stereocenters. The first-order chi connectivity index (χ1) is 12.5. The van der Waals surface area contributed by atoms with Gasteiger partial charge < -0.3 is 10.2 Å². The third-order valence-electron chi connectivity index (χ3n) is 3.54. The monoisotopic (exact) mass is 412 g/mol. The highest BCUT2D eigenvalue weighted by Gasteiger charge is 2.14. The molecule has 2 amide bonds. The Labute approximate surface area is 158 Å². The van der Waals surface area contributed by atoms with Gasteiger partial charge in [0, 0.05) is 26.3 Å². The lowest BCUT2D eigenvalue weighted by Gasteiger charge is -2.12. The fraction of sp³-hybridized carbons (Fsp3) is 0.188. The molecule has 0 bridgehead atoms. The van der Waals surface area contributed by atoms with Crippen molar-refractivity contribution in [1.29, 1.82) is 0 Å². The Bertz CT molecular complexity index is 1020. The summed E-state index contributed by atoms with van der Waals surface area (Å²) in [4.78, 5) is 12.9. The van der Waals surface area contributed by atoms with Crippen LogP contribution in [0.2, 0.25) is 0 Å². The number of amides is 2. The SMILES string of the molecule is CN(C)C(=O)Nc1ccc(S(=O)(=O)NCc2ccc(S(N)(=O)=O)cc2)cc1. The largest absolute Gasteiger partial charge is 0.331 e. The maximum absolute atomic E-state index is 12.4. The van der Waals surface area contributed by atoms with Gasteiger partial charge in [-0.05, 0) is 42.0 Å². The standard InChI is InChI=1S/C16H20N4O5S2/c1-20(2)16(21)19-13-5-9-15(10-6-13)27(24,25)18-11-12-3-7-14(8-4-12)26(17,22)23/h3-10,18H,11H2,1-2H3,(H,19,21)(H2,17,22,23). The van der Waals surface area contributed by atoms with Gasteiger partial charge >= 0.3 is 6.03 Å². The van der Waals surface area contributed by atoms with Crippen molar-refractivity contribution in [3.63, 3.8) is 0 Å². The highest BCUT2D eigenvalue weighted by Crippen LogP contribution is 2.15. The van der Waals surface area contributed by atoms with E-state index in [0.29, 0.717) is 11.3 Å². The minimum absolute atomic E-state index is 0.0215. The molecule has 0 saturated heterocycles. The Balaban J connectivity index is 2.05. The molecule has 146 valence electrons. The quantitative estimate of drug-likeness (QED) is 0.647. The van der Waals surface area contributed by atoms with Gasteiger partial charge in [0.1, 0.15) is 0 Å². The molecular formula is C16H20N4O5S2. The lowest BCUT2D eigenvalue weighted by atomic mass is 10.2. The zero-order valence-electron chi connectivity index (χ0n) is 14.7. The molecule has 2 aromatic carbocycles. The molecule has 2 aromatic rings. The number of urea groups is 1. The molecule has 4 N–H and O–H groups in total. The summed E-state index contributed by atoms with van der Waals surface area (Å²) in [5.74, 6) is 0. The first-order valence-corrected chi connectivity index (χ1v) is 10.7. The van der Waals surface area contributed by atoms with Gasteiger partial charge in [-0.3, -0.25) is 0 Å². The van der Waals surface area contributed by atoms with E-state index in [2.05, 4.69) is 10.0 Å².